The molecule has 2 N–H and O–H groups in total. The van der Waals surface area contributed by atoms with Gasteiger partial charge in [-0.15, -0.1) is 0 Å². The number of benzene rings is 2. The molecular weight excluding hydrogens is 339 g/mol. The number of anilines is 2. The number of hydrogen-bond acceptors (Lipinski definition) is 4. The Bertz CT molecular complexity index is 984. The van der Waals surface area contributed by atoms with Gasteiger partial charge in [-0.05, 0) is 68.1 Å². The summed E-state index contributed by atoms with van der Waals surface area (Å²) in [6.07, 6.45) is 1.01. The van der Waals surface area contributed by atoms with Crippen LogP contribution in [0, 0.1) is 19.7 Å². The summed E-state index contributed by atoms with van der Waals surface area (Å²) in [6.45, 7) is 7.14. The molecule has 0 aliphatic carbocycles. The minimum atomic E-state index is -0.383. The van der Waals surface area contributed by atoms with Gasteiger partial charge in [0.25, 0.3) is 0 Å². The van der Waals surface area contributed by atoms with E-state index in [-0.39, 0.29) is 11.4 Å². The average Bonchev–Trinajstić information content (AvgIpc) is 2.67. The second kappa shape index (κ2) is 6.74. The van der Waals surface area contributed by atoms with Gasteiger partial charge in [-0.25, -0.2) is 14.4 Å². The third kappa shape index (κ3) is 3.19. The van der Waals surface area contributed by atoms with Crippen LogP contribution in [0.2, 0.25) is 0 Å². The maximum atomic E-state index is 13.2. The number of hydrogen-bond donors (Lipinski definition) is 2. The van der Waals surface area contributed by atoms with E-state index >= 15 is 0 Å². The van der Waals surface area contributed by atoms with E-state index in [4.69, 9.17) is 4.98 Å². The Kier molecular flexibility index (Phi) is 4.40. The van der Waals surface area contributed by atoms with Crippen LogP contribution in [0.3, 0.4) is 0 Å². The number of aryl methyl sites for hydroxylation is 1. The fourth-order valence-corrected chi connectivity index (χ4v) is 3.81. The summed E-state index contributed by atoms with van der Waals surface area (Å²) in [7, 11) is 0. The van der Waals surface area contributed by atoms with Crippen molar-refractivity contribution in [1.82, 2.24) is 15.3 Å². The molecule has 5 heteroatoms. The van der Waals surface area contributed by atoms with Gasteiger partial charge in [0.15, 0.2) is 0 Å². The van der Waals surface area contributed by atoms with Crippen LogP contribution in [0.25, 0.3) is 0 Å². The standard InChI is InChI=1S/C22H23FN4/c1-14-15(2)25-21(26-18-10-8-17(23)9-11-18)27-20(14)22(3)19-7-5-4-6-16(19)12-13-24-22/h4-11,24H,12-13H2,1-3H3,(H,25,26,27). The summed E-state index contributed by atoms with van der Waals surface area (Å²) in [5.41, 5.74) is 5.94. The molecule has 3 aromatic rings. The van der Waals surface area contributed by atoms with Crippen molar-refractivity contribution in [1.29, 1.82) is 0 Å². The monoisotopic (exact) mass is 362 g/mol. The lowest BCUT2D eigenvalue weighted by Crippen LogP contribution is -2.47. The maximum Gasteiger partial charge on any atom is 0.227 e. The second-order valence-corrected chi connectivity index (χ2v) is 7.20. The Morgan fingerprint density at radius 1 is 1.04 bits per heavy atom. The first-order chi connectivity index (χ1) is 13.0. The molecule has 1 unspecified atom stereocenters. The minimum Gasteiger partial charge on any atom is -0.324 e. The van der Waals surface area contributed by atoms with E-state index in [0.717, 1.165) is 35.6 Å². The molecule has 138 valence electrons. The van der Waals surface area contributed by atoms with Gasteiger partial charge < -0.3 is 10.6 Å². The van der Waals surface area contributed by atoms with Crippen molar-refractivity contribution >= 4 is 11.6 Å². The first-order valence-corrected chi connectivity index (χ1v) is 9.19. The third-order valence-corrected chi connectivity index (χ3v) is 5.39. The smallest absolute Gasteiger partial charge is 0.227 e. The molecule has 1 aromatic heterocycles. The summed E-state index contributed by atoms with van der Waals surface area (Å²) >= 11 is 0. The minimum absolute atomic E-state index is 0.266. The number of fused-ring (bicyclic) bond motifs is 1. The molecule has 0 saturated heterocycles. The maximum absolute atomic E-state index is 13.2. The van der Waals surface area contributed by atoms with Crippen LogP contribution in [0.5, 0.6) is 0 Å². The lowest BCUT2D eigenvalue weighted by molar-refractivity contribution is 0.402. The van der Waals surface area contributed by atoms with E-state index in [9.17, 15) is 4.39 Å². The van der Waals surface area contributed by atoms with E-state index < -0.39 is 0 Å². The first-order valence-electron chi connectivity index (χ1n) is 9.19. The van der Waals surface area contributed by atoms with Crippen LogP contribution in [-0.2, 0) is 12.0 Å². The molecule has 0 radical (unpaired) electrons. The van der Waals surface area contributed by atoms with Crippen LogP contribution < -0.4 is 10.6 Å². The summed E-state index contributed by atoms with van der Waals surface area (Å²) in [5, 5.41) is 6.87. The highest BCUT2D eigenvalue weighted by Crippen LogP contribution is 2.36. The lowest BCUT2D eigenvalue weighted by atomic mass is 9.80. The molecule has 0 spiro atoms. The van der Waals surface area contributed by atoms with Crippen LogP contribution in [-0.4, -0.2) is 16.5 Å². The number of rotatable bonds is 3. The van der Waals surface area contributed by atoms with E-state index in [0.29, 0.717) is 5.95 Å². The molecule has 0 amide bonds. The summed E-state index contributed by atoms with van der Waals surface area (Å²) in [6, 6.07) is 14.7. The molecule has 1 aliphatic rings. The third-order valence-electron chi connectivity index (χ3n) is 5.39. The van der Waals surface area contributed by atoms with Crippen molar-refractivity contribution in [2.45, 2.75) is 32.7 Å². The largest absolute Gasteiger partial charge is 0.324 e. The number of aromatic nitrogens is 2. The zero-order chi connectivity index (χ0) is 19.0. The van der Waals surface area contributed by atoms with E-state index in [2.05, 4.69) is 53.7 Å². The highest BCUT2D eigenvalue weighted by atomic mass is 19.1. The molecule has 4 rings (SSSR count). The second-order valence-electron chi connectivity index (χ2n) is 7.20. The van der Waals surface area contributed by atoms with Gasteiger partial charge in [-0.3, -0.25) is 0 Å². The van der Waals surface area contributed by atoms with E-state index in [1.165, 1.54) is 23.3 Å². The van der Waals surface area contributed by atoms with Crippen LogP contribution in [0.4, 0.5) is 16.0 Å². The van der Waals surface area contributed by atoms with Crippen LogP contribution in [0.1, 0.15) is 35.0 Å². The molecule has 27 heavy (non-hydrogen) atoms. The number of nitrogens with zero attached hydrogens (tertiary/aromatic N) is 2. The first kappa shape index (κ1) is 17.6. The Morgan fingerprint density at radius 3 is 2.56 bits per heavy atom. The van der Waals surface area contributed by atoms with Crippen molar-refractivity contribution in [3.63, 3.8) is 0 Å². The van der Waals surface area contributed by atoms with Gasteiger partial charge in [0.2, 0.25) is 5.95 Å². The molecule has 1 aliphatic heterocycles. The van der Waals surface area contributed by atoms with E-state index in [1.54, 1.807) is 12.1 Å². The molecule has 0 saturated carbocycles. The molecule has 0 fully saturated rings. The fourth-order valence-electron chi connectivity index (χ4n) is 3.81. The Labute approximate surface area is 158 Å². The van der Waals surface area contributed by atoms with Gasteiger partial charge in [0.1, 0.15) is 5.82 Å². The molecular formula is C22H23FN4. The van der Waals surface area contributed by atoms with Gasteiger partial charge in [-0.1, -0.05) is 24.3 Å². The lowest BCUT2D eigenvalue weighted by Gasteiger charge is -2.38. The number of nitrogens with one attached hydrogen (secondary N) is 2. The van der Waals surface area contributed by atoms with Crippen molar-refractivity contribution in [2.24, 2.45) is 0 Å². The summed E-state index contributed by atoms with van der Waals surface area (Å²) < 4.78 is 13.2. The zero-order valence-electron chi connectivity index (χ0n) is 15.8. The predicted molar refractivity (Wildman–Crippen MR) is 106 cm³/mol. The predicted octanol–water partition coefficient (Wildman–Crippen LogP) is 4.39. The molecule has 2 aromatic carbocycles. The number of halogens is 1. The zero-order valence-corrected chi connectivity index (χ0v) is 15.8. The van der Waals surface area contributed by atoms with Gasteiger partial charge in [0, 0.05) is 17.9 Å². The molecule has 4 nitrogen and oxygen atoms in total. The summed E-state index contributed by atoms with van der Waals surface area (Å²) in [5.74, 6) is 0.253. The Hall–Kier alpha value is -2.79. The van der Waals surface area contributed by atoms with Crippen molar-refractivity contribution in [3.8, 4) is 0 Å². The van der Waals surface area contributed by atoms with Crippen molar-refractivity contribution in [3.05, 3.63) is 82.4 Å². The summed E-state index contributed by atoms with van der Waals surface area (Å²) in [4.78, 5) is 9.46. The van der Waals surface area contributed by atoms with Gasteiger partial charge >= 0.3 is 0 Å². The molecule has 0 bridgehead atoms. The van der Waals surface area contributed by atoms with E-state index in [1.807, 2.05) is 6.92 Å². The fraction of sp³-hybridized carbons (Fsp3) is 0.273. The van der Waals surface area contributed by atoms with Gasteiger partial charge in [0.05, 0.1) is 11.2 Å². The topological polar surface area (TPSA) is 49.8 Å². The quantitative estimate of drug-likeness (QED) is 0.726. The highest BCUT2D eigenvalue weighted by Gasteiger charge is 2.36. The molecule has 2 heterocycles. The Balaban J connectivity index is 1.79. The normalized spacial score (nSPS) is 18.8. The van der Waals surface area contributed by atoms with Crippen LogP contribution in [0.15, 0.2) is 48.5 Å². The van der Waals surface area contributed by atoms with Crippen molar-refractivity contribution in [2.75, 3.05) is 11.9 Å². The molecule has 1 atom stereocenters. The average molecular weight is 362 g/mol. The van der Waals surface area contributed by atoms with Gasteiger partial charge in [-0.2, -0.15) is 0 Å². The Morgan fingerprint density at radius 2 is 1.78 bits per heavy atom. The SMILES string of the molecule is Cc1nc(Nc2ccc(F)cc2)nc(C2(C)NCCc3ccccc32)c1C. The highest BCUT2D eigenvalue weighted by molar-refractivity contribution is 5.55. The van der Waals surface area contributed by atoms with Crippen LogP contribution >= 0.6 is 0 Å². The van der Waals surface area contributed by atoms with Crippen molar-refractivity contribution < 1.29 is 4.39 Å².